The number of anilines is 2. The number of aromatic amines is 1. The number of H-pyrrole nitrogens is 1. The van der Waals surface area contributed by atoms with Gasteiger partial charge in [0.25, 0.3) is 0 Å². The molecule has 4 amide bonds. The summed E-state index contributed by atoms with van der Waals surface area (Å²) < 4.78 is 0. The van der Waals surface area contributed by atoms with E-state index in [1.54, 1.807) is 42.6 Å². The average Bonchev–Trinajstić information content (AvgIpc) is 3.85. The molecule has 0 saturated heterocycles. The summed E-state index contributed by atoms with van der Waals surface area (Å²) in [4.78, 5) is 70.0. The number of nitrogen functional groups attached to an aromatic ring is 1. The second-order valence-electron chi connectivity index (χ2n) is 13.0. The van der Waals surface area contributed by atoms with E-state index in [1.165, 1.54) is 50.3 Å². The minimum atomic E-state index is -1.16. The van der Waals surface area contributed by atoms with Crippen LogP contribution in [0.2, 0.25) is 0 Å². The Kier molecular flexibility index (Phi) is 15.8. The molecule has 1 aromatic heterocycles. The van der Waals surface area contributed by atoms with Gasteiger partial charge in [-0.05, 0) is 36.2 Å². The molecule has 0 saturated carbocycles. The van der Waals surface area contributed by atoms with Gasteiger partial charge >= 0.3 is 0 Å². The van der Waals surface area contributed by atoms with Crippen molar-refractivity contribution in [1.82, 2.24) is 25.9 Å². The molecule has 1 aliphatic rings. The first-order valence-electron chi connectivity index (χ1n) is 18.1. The number of carbonyl (C=O) groups is 4. The molecule has 278 valence electrons. The number of carbonyl (C=O) groups excluding carboxylic acids is 4. The van der Waals surface area contributed by atoms with Gasteiger partial charge in [-0.3, -0.25) is 29.2 Å². The Bertz CT molecular complexity index is 1660. The number of nitrogens with zero attached hydrogens (tertiary/aromatic N) is 3. The number of amides is 4. The van der Waals surface area contributed by atoms with Crippen LogP contribution in [0.25, 0.3) is 0 Å². The Morgan fingerprint density at radius 1 is 0.808 bits per heavy atom. The molecule has 14 nitrogen and oxygen atoms in total. The van der Waals surface area contributed by atoms with Gasteiger partial charge in [0.2, 0.25) is 23.6 Å². The summed E-state index contributed by atoms with van der Waals surface area (Å²) >= 11 is 0. The molecule has 3 aromatic rings. The van der Waals surface area contributed by atoms with E-state index in [4.69, 9.17) is 5.73 Å². The van der Waals surface area contributed by atoms with Crippen molar-refractivity contribution in [2.24, 2.45) is 9.98 Å². The first kappa shape index (κ1) is 39.3. The Hall–Kier alpha value is -5.53. The Morgan fingerprint density at radius 2 is 1.46 bits per heavy atom. The number of para-hydroxylation sites is 2. The zero-order valence-electron chi connectivity index (χ0n) is 29.8. The molecule has 0 spiro atoms. The van der Waals surface area contributed by atoms with Crippen LogP contribution in [0.1, 0.15) is 82.4 Å². The zero-order valence-corrected chi connectivity index (χ0v) is 29.8. The van der Waals surface area contributed by atoms with Gasteiger partial charge in [-0.2, -0.15) is 0 Å². The summed E-state index contributed by atoms with van der Waals surface area (Å²) in [6, 6.07) is 9.78. The fourth-order valence-corrected chi connectivity index (χ4v) is 5.82. The van der Waals surface area contributed by atoms with Crippen molar-refractivity contribution in [2.75, 3.05) is 17.7 Å². The van der Waals surface area contributed by atoms with Crippen molar-refractivity contribution in [3.8, 4) is 5.75 Å². The molecule has 2 heterocycles. The number of hydrogen-bond donors (Lipinski definition) is 7. The SMILES string of the molecule is CCCCCCCCCCC(=O)N[C@@H](CC1=NCN=C1)C(=O)N[C@@H](Cc1cnc[nH]1)C(=O)N[C@@H](Cc1ccc(O)cc1)C(=O)Nc1ccccc1N. The van der Waals surface area contributed by atoms with Crippen LogP contribution < -0.4 is 27.0 Å². The second-order valence-corrected chi connectivity index (χ2v) is 13.0. The smallest absolute Gasteiger partial charge is 0.247 e. The number of aromatic hydroxyl groups is 1. The normalized spacial score (nSPS) is 13.8. The van der Waals surface area contributed by atoms with Crippen molar-refractivity contribution in [3.63, 3.8) is 0 Å². The van der Waals surface area contributed by atoms with Crippen molar-refractivity contribution >= 4 is 46.9 Å². The quantitative estimate of drug-likeness (QED) is 0.0600. The molecule has 0 unspecified atom stereocenters. The molecular formula is C38H51N9O5. The van der Waals surface area contributed by atoms with E-state index in [1.807, 2.05) is 0 Å². The minimum absolute atomic E-state index is 0.0259. The topological polar surface area (TPSA) is 216 Å². The largest absolute Gasteiger partial charge is 0.508 e. The van der Waals surface area contributed by atoms with Crippen LogP contribution in [0.4, 0.5) is 11.4 Å². The number of aromatic nitrogens is 2. The van der Waals surface area contributed by atoms with Crippen LogP contribution in [0, 0.1) is 0 Å². The maximum Gasteiger partial charge on any atom is 0.247 e. The second kappa shape index (κ2) is 21.0. The van der Waals surface area contributed by atoms with Crippen molar-refractivity contribution in [2.45, 2.75) is 102 Å². The summed E-state index contributed by atoms with van der Waals surface area (Å²) in [7, 11) is 0. The Balaban J connectivity index is 1.47. The average molecular weight is 714 g/mol. The first-order chi connectivity index (χ1) is 25.2. The monoisotopic (exact) mass is 713 g/mol. The highest BCUT2D eigenvalue weighted by molar-refractivity contribution is 6.32. The molecule has 52 heavy (non-hydrogen) atoms. The lowest BCUT2D eigenvalue weighted by Crippen LogP contribution is -2.57. The highest BCUT2D eigenvalue weighted by atomic mass is 16.3. The van der Waals surface area contributed by atoms with E-state index in [9.17, 15) is 24.3 Å². The predicted molar refractivity (Wildman–Crippen MR) is 202 cm³/mol. The number of hydrogen-bond acceptors (Lipinski definition) is 9. The predicted octanol–water partition coefficient (Wildman–Crippen LogP) is 3.98. The van der Waals surface area contributed by atoms with E-state index in [2.05, 4.69) is 48.1 Å². The Labute approximate surface area is 304 Å². The molecule has 3 atom stereocenters. The third kappa shape index (κ3) is 13.3. The summed E-state index contributed by atoms with van der Waals surface area (Å²) in [5.41, 5.74) is 8.60. The van der Waals surface area contributed by atoms with Crippen LogP contribution in [0.5, 0.6) is 5.75 Å². The third-order valence-electron chi connectivity index (χ3n) is 8.76. The van der Waals surface area contributed by atoms with Gasteiger partial charge in [-0.1, -0.05) is 76.1 Å². The maximum absolute atomic E-state index is 14.0. The van der Waals surface area contributed by atoms with Gasteiger partial charge in [0, 0.05) is 43.8 Å². The summed E-state index contributed by atoms with van der Waals surface area (Å²) in [6.45, 7) is 2.44. The number of phenols is 1. The molecule has 8 N–H and O–H groups in total. The highest BCUT2D eigenvalue weighted by Gasteiger charge is 2.31. The fourth-order valence-electron chi connectivity index (χ4n) is 5.82. The van der Waals surface area contributed by atoms with Gasteiger partial charge in [0.15, 0.2) is 0 Å². The Morgan fingerprint density at radius 3 is 2.10 bits per heavy atom. The van der Waals surface area contributed by atoms with Gasteiger partial charge in [-0.15, -0.1) is 0 Å². The summed E-state index contributed by atoms with van der Waals surface area (Å²) in [5, 5.41) is 21.0. The molecule has 14 heteroatoms. The lowest BCUT2D eigenvalue weighted by atomic mass is 10.0. The van der Waals surface area contributed by atoms with Crippen LogP contribution >= 0.6 is 0 Å². The number of phenolic OH excluding ortho intramolecular Hbond substituents is 1. The van der Waals surface area contributed by atoms with E-state index in [0.29, 0.717) is 34.8 Å². The van der Waals surface area contributed by atoms with E-state index in [-0.39, 0.29) is 44.0 Å². The standard InChI is InChI=1S/C38H51N9O5/c1-2-3-4-5-6-7-8-9-14-35(49)44-33(20-27-22-40-24-42-27)37(51)47-34(21-28-23-41-25-43-28)38(52)46-32(19-26-15-17-29(48)18-16-26)36(50)45-31-13-11-10-12-30(31)39/h10-13,15-18,22-23,25,32-34,48H,2-9,14,19-21,24,39H2,1H3,(H,41,43)(H,44,49)(H,45,50)(H,46,52)(H,47,51)/t32-,33-,34-/m0/s1. The molecule has 0 radical (unpaired) electrons. The van der Waals surface area contributed by atoms with Crippen molar-refractivity contribution in [1.29, 1.82) is 0 Å². The van der Waals surface area contributed by atoms with Crippen molar-refractivity contribution in [3.05, 3.63) is 72.3 Å². The van der Waals surface area contributed by atoms with Crippen LogP contribution in [0.3, 0.4) is 0 Å². The minimum Gasteiger partial charge on any atom is -0.508 e. The van der Waals surface area contributed by atoms with Gasteiger partial charge in [0.05, 0.1) is 23.4 Å². The maximum atomic E-state index is 14.0. The lowest BCUT2D eigenvalue weighted by molar-refractivity contribution is -0.133. The van der Waals surface area contributed by atoms with E-state index < -0.39 is 35.8 Å². The lowest BCUT2D eigenvalue weighted by Gasteiger charge is -2.25. The number of nitrogens with one attached hydrogen (secondary N) is 5. The third-order valence-corrected chi connectivity index (χ3v) is 8.76. The highest BCUT2D eigenvalue weighted by Crippen LogP contribution is 2.18. The number of nitrogens with two attached hydrogens (primary N) is 1. The molecule has 0 aliphatic carbocycles. The number of aliphatic imine (C=N–C) groups is 2. The van der Waals surface area contributed by atoms with E-state index >= 15 is 0 Å². The van der Waals surface area contributed by atoms with Crippen molar-refractivity contribution < 1.29 is 24.3 Å². The van der Waals surface area contributed by atoms with Crippen LogP contribution in [-0.4, -0.2) is 75.4 Å². The zero-order chi connectivity index (χ0) is 37.1. The fraction of sp³-hybridized carbons (Fsp3) is 0.447. The van der Waals surface area contributed by atoms with Crippen LogP contribution in [0.15, 0.2) is 71.0 Å². The molecule has 4 rings (SSSR count). The molecule has 0 bridgehead atoms. The molecule has 1 aliphatic heterocycles. The summed E-state index contributed by atoms with van der Waals surface area (Å²) in [5.74, 6) is -1.95. The van der Waals surface area contributed by atoms with Gasteiger partial charge in [-0.25, -0.2) is 4.98 Å². The number of unbranched alkanes of at least 4 members (excludes halogenated alkanes) is 7. The van der Waals surface area contributed by atoms with Gasteiger partial charge in [0.1, 0.15) is 30.5 Å². The molecule has 2 aromatic carbocycles. The number of benzene rings is 2. The first-order valence-corrected chi connectivity index (χ1v) is 18.1. The van der Waals surface area contributed by atoms with Gasteiger partial charge < -0.3 is 37.1 Å². The number of imidazole rings is 1. The summed E-state index contributed by atoms with van der Waals surface area (Å²) in [6.07, 6.45) is 13.8. The number of rotatable bonds is 22. The molecular weight excluding hydrogens is 662 g/mol. The molecule has 0 fully saturated rings. The van der Waals surface area contributed by atoms with E-state index in [0.717, 1.165) is 19.3 Å². The van der Waals surface area contributed by atoms with Crippen LogP contribution in [-0.2, 0) is 32.0 Å².